The lowest BCUT2D eigenvalue weighted by molar-refractivity contribution is 0.415. The van der Waals surface area contributed by atoms with Gasteiger partial charge in [-0.15, -0.1) is 20.4 Å². The first kappa shape index (κ1) is 15.2. The van der Waals surface area contributed by atoms with Crippen LogP contribution in [0.2, 0.25) is 0 Å². The minimum Gasteiger partial charge on any atom is -0.497 e. The van der Waals surface area contributed by atoms with Crippen LogP contribution < -0.4 is 16.2 Å². The van der Waals surface area contributed by atoms with E-state index in [9.17, 15) is 0 Å². The van der Waals surface area contributed by atoms with Gasteiger partial charge in [0.2, 0.25) is 11.8 Å². The Kier molecular flexibility index (Phi) is 5.20. The van der Waals surface area contributed by atoms with Gasteiger partial charge in [-0.1, -0.05) is 18.2 Å². The molecule has 0 aliphatic carbocycles. The van der Waals surface area contributed by atoms with Crippen LogP contribution >= 0.6 is 0 Å². The largest absolute Gasteiger partial charge is 0.497 e. The molecule has 0 saturated heterocycles. The number of methoxy groups -OCH3 is 1. The van der Waals surface area contributed by atoms with E-state index in [4.69, 9.17) is 16.2 Å². The summed E-state index contributed by atoms with van der Waals surface area (Å²) in [6.07, 6.45) is 0. The maximum atomic E-state index is 5.30. The molecule has 0 heterocycles. The smallest absolute Gasteiger partial charge is 0.211 e. The molecule has 0 saturated carbocycles. The first-order chi connectivity index (χ1) is 10.7. The van der Waals surface area contributed by atoms with Crippen molar-refractivity contribution in [1.29, 1.82) is 0 Å². The molecule has 112 valence electrons. The van der Waals surface area contributed by atoms with Gasteiger partial charge in [0, 0.05) is 5.56 Å². The van der Waals surface area contributed by atoms with E-state index in [1.807, 2.05) is 30.3 Å². The number of nitrogens with zero attached hydrogens (tertiary/aromatic N) is 4. The summed E-state index contributed by atoms with van der Waals surface area (Å²) in [5.74, 6) is 0.866. The number of rotatable bonds is 4. The molecule has 0 atom stereocenters. The van der Waals surface area contributed by atoms with Gasteiger partial charge >= 0.3 is 0 Å². The van der Waals surface area contributed by atoms with Crippen molar-refractivity contribution < 1.29 is 4.74 Å². The van der Waals surface area contributed by atoms with Gasteiger partial charge in [0.25, 0.3) is 0 Å². The van der Waals surface area contributed by atoms with Crippen molar-refractivity contribution in [2.45, 2.75) is 0 Å². The van der Waals surface area contributed by atoms with Crippen LogP contribution in [0, 0.1) is 0 Å². The average molecular weight is 296 g/mol. The summed E-state index contributed by atoms with van der Waals surface area (Å²) in [7, 11) is 1.60. The van der Waals surface area contributed by atoms with Crippen molar-refractivity contribution >= 4 is 17.5 Å². The first-order valence-electron chi connectivity index (χ1n) is 6.47. The third-order valence-electron chi connectivity index (χ3n) is 2.62. The fourth-order valence-corrected chi connectivity index (χ4v) is 1.58. The SMILES string of the molecule is COc1ccc(/C(N=Nc2ccccc2)=N\N=C(N)N)cc1. The molecule has 0 bridgehead atoms. The monoisotopic (exact) mass is 296 g/mol. The van der Waals surface area contributed by atoms with Crippen LogP contribution in [-0.2, 0) is 0 Å². The molecule has 2 rings (SSSR count). The highest BCUT2D eigenvalue weighted by atomic mass is 16.5. The summed E-state index contributed by atoms with van der Waals surface area (Å²) in [5, 5.41) is 15.8. The predicted octanol–water partition coefficient (Wildman–Crippen LogP) is 2.41. The fraction of sp³-hybridized carbons (Fsp3) is 0.0667. The van der Waals surface area contributed by atoms with E-state index >= 15 is 0 Å². The minimum atomic E-state index is -0.152. The minimum absolute atomic E-state index is 0.152. The molecule has 4 N–H and O–H groups in total. The third-order valence-corrected chi connectivity index (χ3v) is 2.62. The zero-order valence-corrected chi connectivity index (χ0v) is 12.0. The van der Waals surface area contributed by atoms with E-state index in [0.717, 1.165) is 5.75 Å². The Bertz CT molecular complexity index is 688. The van der Waals surface area contributed by atoms with Gasteiger partial charge in [-0.05, 0) is 36.4 Å². The van der Waals surface area contributed by atoms with Crippen LogP contribution in [0.1, 0.15) is 5.56 Å². The first-order valence-corrected chi connectivity index (χ1v) is 6.47. The van der Waals surface area contributed by atoms with Gasteiger partial charge in [0.15, 0.2) is 0 Å². The summed E-state index contributed by atoms with van der Waals surface area (Å²) in [4.78, 5) is 0. The van der Waals surface area contributed by atoms with Crippen LogP contribution in [0.25, 0.3) is 0 Å². The zero-order chi connectivity index (χ0) is 15.8. The van der Waals surface area contributed by atoms with Gasteiger partial charge in [-0.2, -0.15) is 0 Å². The van der Waals surface area contributed by atoms with E-state index in [2.05, 4.69) is 20.4 Å². The van der Waals surface area contributed by atoms with Gasteiger partial charge in [-0.25, -0.2) is 0 Å². The molecule has 0 radical (unpaired) electrons. The molecule has 2 aromatic rings. The van der Waals surface area contributed by atoms with Crippen molar-refractivity contribution in [3.8, 4) is 5.75 Å². The molecule has 7 nitrogen and oxygen atoms in total. The molecule has 0 spiro atoms. The molecule has 7 heteroatoms. The standard InChI is InChI=1S/C15H16N6O/c1-22-13-9-7-11(8-10-13)14(20-21-15(16)17)19-18-12-5-3-2-4-6-12/h2-10H,1H3,(H4,16,17,21)/b19-18?,20-14+. The summed E-state index contributed by atoms with van der Waals surface area (Å²) < 4.78 is 5.11. The Morgan fingerprint density at radius 1 is 0.909 bits per heavy atom. The van der Waals surface area contributed by atoms with Crippen LogP contribution in [0.4, 0.5) is 5.69 Å². The number of hydrogen-bond acceptors (Lipinski definition) is 4. The summed E-state index contributed by atoms with van der Waals surface area (Å²) in [6.45, 7) is 0. The lowest BCUT2D eigenvalue weighted by Crippen LogP contribution is -2.22. The highest BCUT2D eigenvalue weighted by Crippen LogP contribution is 2.15. The van der Waals surface area contributed by atoms with Crippen molar-refractivity contribution in [1.82, 2.24) is 0 Å². The topological polar surface area (TPSA) is 111 Å². The number of nitrogens with two attached hydrogens (primary N) is 2. The number of hydrogen-bond donors (Lipinski definition) is 2. The summed E-state index contributed by atoms with van der Waals surface area (Å²) >= 11 is 0. The zero-order valence-electron chi connectivity index (χ0n) is 12.0. The Hall–Kier alpha value is -3.22. The fourth-order valence-electron chi connectivity index (χ4n) is 1.58. The molecular formula is C15H16N6O. The van der Waals surface area contributed by atoms with E-state index in [1.165, 1.54) is 0 Å². The average Bonchev–Trinajstić information content (AvgIpc) is 2.56. The third kappa shape index (κ3) is 4.41. The lowest BCUT2D eigenvalue weighted by atomic mass is 10.2. The van der Waals surface area contributed by atoms with Gasteiger partial charge < -0.3 is 16.2 Å². The molecule has 0 amide bonds. The number of guanidine groups is 1. The Labute approximate surface area is 128 Å². The van der Waals surface area contributed by atoms with E-state index in [0.29, 0.717) is 17.1 Å². The Balaban J connectivity index is 2.32. The van der Waals surface area contributed by atoms with Crippen LogP contribution in [-0.4, -0.2) is 18.9 Å². The van der Waals surface area contributed by atoms with Crippen molar-refractivity contribution in [2.24, 2.45) is 31.9 Å². The molecular weight excluding hydrogens is 280 g/mol. The molecule has 0 aliphatic heterocycles. The number of benzene rings is 2. The van der Waals surface area contributed by atoms with E-state index in [-0.39, 0.29) is 5.96 Å². The maximum absolute atomic E-state index is 5.30. The molecule has 0 unspecified atom stereocenters. The van der Waals surface area contributed by atoms with Crippen LogP contribution in [0.5, 0.6) is 5.75 Å². The Morgan fingerprint density at radius 2 is 1.59 bits per heavy atom. The van der Waals surface area contributed by atoms with Gasteiger partial charge in [0.05, 0.1) is 12.8 Å². The summed E-state index contributed by atoms with van der Waals surface area (Å²) in [6, 6.07) is 16.5. The second-order valence-corrected chi connectivity index (χ2v) is 4.21. The molecule has 2 aromatic carbocycles. The van der Waals surface area contributed by atoms with Crippen molar-refractivity contribution in [2.75, 3.05) is 7.11 Å². The predicted molar refractivity (Wildman–Crippen MR) is 86.3 cm³/mol. The van der Waals surface area contributed by atoms with Crippen LogP contribution in [0.15, 0.2) is 75.0 Å². The van der Waals surface area contributed by atoms with E-state index in [1.54, 1.807) is 31.4 Å². The molecule has 0 fully saturated rings. The molecule has 0 aliphatic rings. The quantitative estimate of drug-likeness (QED) is 0.391. The van der Waals surface area contributed by atoms with E-state index < -0.39 is 0 Å². The highest BCUT2D eigenvalue weighted by molar-refractivity contribution is 5.99. The van der Waals surface area contributed by atoms with Gasteiger partial charge in [0.1, 0.15) is 5.75 Å². The van der Waals surface area contributed by atoms with Gasteiger partial charge in [-0.3, -0.25) is 0 Å². The van der Waals surface area contributed by atoms with Crippen molar-refractivity contribution in [3.63, 3.8) is 0 Å². The molecule has 0 aromatic heterocycles. The maximum Gasteiger partial charge on any atom is 0.211 e. The highest BCUT2D eigenvalue weighted by Gasteiger charge is 2.03. The van der Waals surface area contributed by atoms with Crippen molar-refractivity contribution in [3.05, 3.63) is 60.2 Å². The normalized spacial score (nSPS) is 11.4. The molecule has 22 heavy (non-hydrogen) atoms. The number of azo groups is 1. The second kappa shape index (κ2) is 7.53. The summed E-state index contributed by atoms with van der Waals surface area (Å²) in [5.41, 5.74) is 12.0. The van der Waals surface area contributed by atoms with Crippen LogP contribution in [0.3, 0.4) is 0 Å². The number of ether oxygens (including phenoxy) is 1. The Morgan fingerprint density at radius 3 is 2.18 bits per heavy atom. The number of amidine groups is 1. The second-order valence-electron chi connectivity index (χ2n) is 4.21. The lowest BCUT2D eigenvalue weighted by Gasteiger charge is -2.01.